The molecular formula is C14H12N4O2S. The molecule has 3 aromatic rings. The minimum Gasteiger partial charge on any atom is -0.481 e. The fourth-order valence-electron chi connectivity index (χ4n) is 2.03. The molecule has 0 bridgehead atoms. The van der Waals surface area contributed by atoms with Gasteiger partial charge in [-0.15, -0.1) is 10.2 Å². The zero-order valence-electron chi connectivity index (χ0n) is 10.9. The van der Waals surface area contributed by atoms with Crippen LogP contribution in [0.3, 0.4) is 0 Å². The first kappa shape index (κ1) is 13.4. The fourth-order valence-corrected chi connectivity index (χ4v) is 2.60. The summed E-state index contributed by atoms with van der Waals surface area (Å²) in [5.41, 5.74) is 0.839. The lowest BCUT2D eigenvalue weighted by atomic mass is 10.1. The summed E-state index contributed by atoms with van der Waals surface area (Å²) in [6.07, 6.45) is 0. The van der Waals surface area contributed by atoms with Gasteiger partial charge in [-0.05, 0) is 16.8 Å². The first-order valence-electron chi connectivity index (χ1n) is 6.19. The molecule has 1 heterocycles. The smallest absolute Gasteiger partial charge is 0.313 e. The molecule has 3 rings (SSSR count). The number of nitrogen functional groups attached to an aromatic ring is 1. The molecule has 0 aliphatic carbocycles. The minimum absolute atomic E-state index is 0.104. The molecule has 1 aromatic heterocycles. The molecule has 0 saturated heterocycles. The predicted molar refractivity (Wildman–Crippen MR) is 81.5 cm³/mol. The van der Waals surface area contributed by atoms with E-state index >= 15 is 0 Å². The number of hydrogen-bond donors (Lipinski definition) is 2. The van der Waals surface area contributed by atoms with Crippen LogP contribution in [0.4, 0.5) is 0 Å². The third kappa shape index (κ3) is 2.68. The van der Waals surface area contributed by atoms with Crippen LogP contribution < -0.4 is 5.84 Å². The van der Waals surface area contributed by atoms with Crippen LogP contribution in [-0.2, 0) is 4.79 Å². The van der Waals surface area contributed by atoms with Crippen LogP contribution in [0.5, 0.6) is 0 Å². The second kappa shape index (κ2) is 5.45. The van der Waals surface area contributed by atoms with Gasteiger partial charge in [-0.2, -0.15) is 0 Å². The Kier molecular flexibility index (Phi) is 3.49. The minimum atomic E-state index is -0.921. The lowest BCUT2D eigenvalue weighted by Crippen LogP contribution is -2.12. The molecule has 0 aliphatic heterocycles. The highest BCUT2D eigenvalue weighted by atomic mass is 32.2. The van der Waals surface area contributed by atoms with Gasteiger partial charge in [0.2, 0.25) is 5.16 Å². The number of benzene rings is 2. The van der Waals surface area contributed by atoms with E-state index in [4.69, 9.17) is 10.9 Å². The maximum absolute atomic E-state index is 10.6. The third-order valence-corrected chi connectivity index (χ3v) is 3.92. The number of aromatic nitrogens is 3. The van der Waals surface area contributed by atoms with Gasteiger partial charge in [0.05, 0.1) is 5.75 Å². The molecule has 3 N–H and O–H groups in total. The number of carbonyl (C=O) groups is 1. The van der Waals surface area contributed by atoms with Gasteiger partial charge < -0.3 is 10.9 Å². The molecule has 2 aromatic carbocycles. The predicted octanol–water partition coefficient (Wildman–Crippen LogP) is 1.99. The van der Waals surface area contributed by atoms with Crippen LogP contribution in [0.25, 0.3) is 22.2 Å². The average molecular weight is 300 g/mol. The second-order valence-corrected chi connectivity index (χ2v) is 5.36. The number of hydrogen-bond acceptors (Lipinski definition) is 5. The SMILES string of the molecule is Nn1c(SCC(=O)O)nnc1-c1ccc2ccccc2c1. The van der Waals surface area contributed by atoms with Gasteiger partial charge in [-0.3, -0.25) is 4.79 Å². The summed E-state index contributed by atoms with van der Waals surface area (Å²) in [5, 5.41) is 19.3. The summed E-state index contributed by atoms with van der Waals surface area (Å²) >= 11 is 1.04. The van der Waals surface area contributed by atoms with Crippen molar-refractivity contribution in [1.29, 1.82) is 0 Å². The molecule has 7 heteroatoms. The van der Waals surface area contributed by atoms with Crippen LogP contribution in [0, 0.1) is 0 Å². The van der Waals surface area contributed by atoms with Gasteiger partial charge >= 0.3 is 5.97 Å². The second-order valence-electron chi connectivity index (χ2n) is 4.42. The Bertz CT molecular complexity index is 816. The van der Waals surface area contributed by atoms with Crippen LogP contribution in [-0.4, -0.2) is 31.7 Å². The van der Waals surface area contributed by atoms with Gasteiger partial charge in [-0.25, -0.2) is 4.68 Å². The van der Waals surface area contributed by atoms with E-state index in [2.05, 4.69) is 10.2 Å². The Morgan fingerprint density at radius 2 is 1.95 bits per heavy atom. The maximum atomic E-state index is 10.6. The Morgan fingerprint density at radius 1 is 1.19 bits per heavy atom. The summed E-state index contributed by atoms with van der Waals surface area (Å²) < 4.78 is 1.32. The quantitative estimate of drug-likeness (QED) is 0.565. The number of rotatable bonds is 4. The Morgan fingerprint density at radius 3 is 2.71 bits per heavy atom. The van der Waals surface area contributed by atoms with Crippen LogP contribution >= 0.6 is 11.8 Å². The lowest BCUT2D eigenvalue weighted by Gasteiger charge is -2.04. The highest BCUT2D eigenvalue weighted by molar-refractivity contribution is 7.99. The highest BCUT2D eigenvalue weighted by Crippen LogP contribution is 2.25. The molecule has 0 aliphatic rings. The summed E-state index contributed by atoms with van der Waals surface area (Å²) in [6, 6.07) is 13.9. The third-order valence-electron chi connectivity index (χ3n) is 3.00. The van der Waals surface area contributed by atoms with Crippen molar-refractivity contribution in [1.82, 2.24) is 14.9 Å². The fraction of sp³-hybridized carbons (Fsp3) is 0.0714. The van der Waals surface area contributed by atoms with Crippen LogP contribution in [0.15, 0.2) is 47.6 Å². The molecule has 21 heavy (non-hydrogen) atoms. The number of aliphatic carboxylic acids is 1. The van der Waals surface area contributed by atoms with Crippen molar-refractivity contribution in [2.45, 2.75) is 5.16 Å². The van der Waals surface area contributed by atoms with Crippen molar-refractivity contribution in [2.24, 2.45) is 0 Å². The zero-order valence-corrected chi connectivity index (χ0v) is 11.7. The van der Waals surface area contributed by atoms with Crippen molar-refractivity contribution < 1.29 is 9.90 Å². The van der Waals surface area contributed by atoms with E-state index in [0.717, 1.165) is 28.1 Å². The number of carboxylic acid groups (broad SMARTS) is 1. The van der Waals surface area contributed by atoms with E-state index in [1.54, 1.807) is 0 Å². The van der Waals surface area contributed by atoms with Gasteiger partial charge in [0.1, 0.15) is 0 Å². The van der Waals surface area contributed by atoms with Gasteiger partial charge in [0.15, 0.2) is 5.82 Å². The van der Waals surface area contributed by atoms with Gasteiger partial charge in [0, 0.05) is 5.56 Å². The molecule has 0 atom stereocenters. The Balaban J connectivity index is 1.97. The molecular weight excluding hydrogens is 288 g/mol. The van der Waals surface area contributed by atoms with E-state index in [1.807, 2.05) is 42.5 Å². The van der Waals surface area contributed by atoms with E-state index in [-0.39, 0.29) is 5.75 Å². The zero-order chi connectivity index (χ0) is 14.8. The van der Waals surface area contributed by atoms with Crippen molar-refractivity contribution in [3.63, 3.8) is 0 Å². The van der Waals surface area contributed by atoms with Crippen molar-refractivity contribution in [3.8, 4) is 11.4 Å². The molecule has 106 valence electrons. The molecule has 0 saturated carbocycles. The molecule has 0 unspecified atom stereocenters. The summed E-state index contributed by atoms with van der Waals surface area (Å²) in [6.45, 7) is 0. The Hall–Kier alpha value is -2.54. The number of nitrogens with zero attached hydrogens (tertiary/aromatic N) is 3. The van der Waals surface area contributed by atoms with Gasteiger partial charge in [0.25, 0.3) is 0 Å². The summed E-state index contributed by atoms with van der Waals surface area (Å²) in [7, 11) is 0. The first-order chi connectivity index (χ1) is 10.1. The van der Waals surface area contributed by atoms with E-state index < -0.39 is 5.97 Å². The van der Waals surface area contributed by atoms with Crippen molar-refractivity contribution >= 4 is 28.5 Å². The van der Waals surface area contributed by atoms with Crippen molar-refractivity contribution in [3.05, 3.63) is 42.5 Å². The number of thioether (sulfide) groups is 1. The standard InChI is InChI=1S/C14H12N4O2S/c15-18-13(16-17-14(18)21-8-12(19)20)11-6-5-9-3-1-2-4-10(9)7-11/h1-7H,8,15H2,(H,19,20). The molecule has 0 fully saturated rings. The van der Waals surface area contributed by atoms with E-state index in [0.29, 0.717) is 11.0 Å². The largest absolute Gasteiger partial charge is 0.481 e. The highest BCUT2D eigenvalue weighted by Gasteiger charge is 2.13. The Labute approximate surface area is 124 Å². The maximum Gasteiger partial charge on any atom is 0.313 e. The average Bonchev–Trinajstić information content (AvgIpc) is 2.85. The number of carboxylic acids is 1. The normalized spacial score (nSPS) is 10.9. The lowest BCUT2D eigenvalue weighted by molar-refractivity contribution is -0.133. The number of nitrogens with two attached hydrogens (primary N) is 1. The molecule has 6 nitrogen and oxygen atoms in total. The van der Waals surface area contributed by atoms with Crippen LogP contribution in [0.1, 0.15) is 0 Å². The molecule has 0 amide bonds. The van der Waals surface area contributed by atoms with Crippen LogP contribution in [0.2, 0.25) is 0 Å². The van der Waals surface area contributed by atoms with Crippen molar-refractivity contribution in [2.75, 3.05) is 11.6 Å². The van der Waals surface area contributed by atoms with E-state index in [9.17, 15) is 4.79 Å². The van der Waals surface area contributed by atoms with Gasteiger partial charge in [-0.1, -0.05) is 48.2 Å². The molecule has 0 spiro atoms. The topological polar surface area (TPSA) is 94.0 Å². The first-order valence-corrected chi connectivity index (χ1v) is 7.18. The van der Waals surface area contributed by atoms with E-state index in [1.165, 1.54) is 4.68 Å². The monoisotopic (exact) mass is 300 g/mol. The number of fused-ring (bicyclic) bond motifs is 1. The summed E-state index contributed by atoms with van der Waals surface area (Å²) in [5.74, 6) is 5.43. The molecule has 0 radical (unpaired) electrons. The summed E-state index contributed by atoms with van der Waals surface area (Å²) in [4.78, 5) is 10.6.